The monoisotopic (exact) mass is 235 g/mol. The molecule has 3 nitrogen and oxygen atoms in total. The maximum Gasteiger partial charge on any atom is 0.160 e. The minimum absolute atomic E-state index is 0.0318. The lowest BCUT2D eigenvalue weighted by Crippen LogP contribution is -2.38. The first-order valence-electron chi connectivity index (χ1n) is 6.57. The van der Waals surface area contributed by atoms with Gasteiger partial charge >= 0.3 is 0 Å². The van der Waals surface area contributed by atoms with Gasteiger partial charge in [-0.15, -0.1) is 6.58 Å². The number of nitriles is 1. The van der Waals surface area contributed by atoms with E-state index in [4.69, 9.17) is 14.7 Å². The fourth-order valence-electron chi connectivity index (χ4n) is 2.72. The summed E-state index contributed by atoms with van der Waals surface area (Å²) < 4.78 is 11.6. The average molecular weight is 235 g/mol. The number of allylic oxidation sites excluding steroid dienone is 1. The van der Waals surface area contributed by atoms with Gasteiger partial charge in [0.15, 0.2) is 6.29 Å². The topological polar surface area (TPSA) is 42.2 Å². The molecule has 1 aliphatic carbocycles. The second kappa shape index (κ2) is 6.18. The zero-order valence-corrected chi connectivity index (χ0v) is 10.3. The van der Waals surface area contributed by atoms with Gasteiger partial charge in [-0.1, -0.05) is 6.08 Å². The van der Waals surface area contributed by atoms with Crippen LogP contribution in [0.15, 0.2) is 12.7 Å². The molecule has 1 aliphatic heterocycles. The Morgan fingerprint density at radius 2 is 1.82 bits per heavy atom. The summed E-state index contributed by atoms with van der Waals surface area (Å²) in [5, 5.41) is 8.86. The van der Waals surface area contributed by atoms with E-state index in [2.05, 4.69) is 12.6 Å². The Hall–Kier alpha value is -0.850. The highest BCUT2D eigenvalue weighted by Gasteiger charge is 2.32. The van der Waals surface area contributed by atoms with E-state index in [1.165, 1.54) is 0 Å². The normalized spacial score (nSPS) is 38.3. The van der Waals surface area contributed by atoms with Crippen molar-refractivity contribution >= 4 is 0 Å². The van der Waals surface area contributed by atoms with E-state index in [0.717, 1.165) is 45.3 Å². The molecule has 0 bridgehead atoms. The third-order valence-electron chi connectivity index (χ3n) is 3.83. The van der Waals surface area contributed by atoms with Gasteiger partial charge in [0.1, 0.15) is 0 Å². The number of ether oxygens (including phenoxy) is 2. The lowest BCUT2D eigenvalue weighted by atomic mass is 9.82. The molecule has 1 heterocycles. The van der Waals surface area contributed by atoms with Crippen molar-refractivity contribution in [3.05, 3.63) is 12.7 Å². The van der Waals surface area contributed by atoms with Gasteiger partial charge in [-0.2, -0.15) is 5.26 Å². The molecular weight excluding hydrogens is 214 g/mol. The zero-order valence-electron chi connectivity index (χ0n) is 10.3. The van der Waals surface area contributed by atoms with Crippen LogP contribution in [0.2, 0.25) is 0 Å². The van der Waals surface area contributed by atoms with Crippen molar-refractivity contribution in [2.75, 3.05) is 13.2 Å². The minimum Gasteiger partial charge on any atom is -0.352 e. The fraction of sp³-hybridized carbons (Fsp3) is 0.786. The molecule has 0 radical (unpaired) electrons. The van der Waals surface area contributed by atoms with Crippen molar-refractivity contribution in [3.63, 3.8) is 0 Å². The summed E-state index contributed by atoms with van der Waals surface area (Å²) >= 11 is 0. The number of nitrogens with zero attached hydrogens (tertiary/aromatic N) is 1. The maximum absolute atomic E-state index is 8.86. The van der Waals surface area contributed by atoms with Crippen molar-refractivity contribution in [1.29, 1.82) is 5.26 Å². The molecule has 2 rings (SSSR count). The van der Waals surface area contributed by atoms with Crippen molar-refractivity contribution < 1.29 is 9.47 Å². The lowest BCUT2D eigenvalue weighted by molar-refractivity contribution is -0.228. The molecule has 0 unspecified atom stereocenters. The van der Waals surface area contributed by atoms with E-state index < -0.39 is 0 Å². The second-order valence-electron chi connectivity index (χ2n) is 5.17. The number of hydrogen-bond acceptors (Lipinski definition) is 3. The van der Waals surface area contributed by atoms with Crippen LogP contribution in [-0.4, -0.2) is 19.5 Å². The van der Waals surface area contributed by atoms with Gasteiger partial charge in [0.05, 0.1) is 19.3 Å². The van der Waals surface area contributed by atoms with Gasteiger partial charge in [-0.25, -0.2) is 0 Å². The molecule has 0 atom stereocenters. The molecule has 2 aliphatic rings. The van der Waals surface area contributed by atoms with Crippen LogP contribution < -0.4 is 0 Å². The Labute approximate surface area is 103 Å². The summed E-state index contributed by atoms with van der Waals surface area (Å²) in [7, 11) is 0. The first-order valence-corrected chi connectivity index (χ1v) is 6.57. The van der Waals surface area contributed by atoms with Gasteiger partial charge in [-0.3, -0.25) is 0 Å². The summed E-state index contributed by atoms with van der Waals surface area (Å²) in [5.41, 5.74) is 0. The Bertz CT molecular complexity index is 281. The molecule has 1 saturated carbocycles. The first-order chi connectivity index (χ1) is 8.33. The van der Waals surface area contributed by atoms with Crippen LogP contribution in [-0.2, 0) is 9.47 Å². The molecule has 0 aromatic rings. The van der Waals surface area contributed by atoms with Gasteiger partial charge in [0.25, 0.3) is 0 Å². The number of rotatable bonds is 3. The molecule has 0 N–H and O–H groups in total. The van der Waals surface area contributed by atoms with E-state index in [9.17, 15) is 0 Å². The van der Waals surface area contributed by atoms with E-state index in [-0.39, 0.29) is 12.2 Å². The molecule has 2 fully saturated rings. The minimum atomic E-state index is -0.0318. The summed E-state index contributed by atoms with van der Waals surface area (Å²) in [5.74, 6) is 1.21. The molecule has 0 aromatic carbocycles. The molecule has 3 heteroatoms. The Morgan fingerprint density at radius 3 is 2.35 bits per heavy atom. The van der Waals surface area contributed by atoms with Crippen LogP contribution in [0.1, 0.15) is 32.1 Å². The quantitative estimate of drug-likeness (QED) is 0.706. The molecular formula is C14H21NO2. The number of hydrogen-bond donors (Lipinski definition) is 0. The van der Waals surface area contributed by atoms with Crippen LogP contribution in [0.5, 0.6) is 0 Å². The largest absolute Gasteiger partial charge is 0.352 e. The summed E-state index contributed by atoms with van der Waals surface area (Å²) in [4.78, 5) is 0. The molecule has 0 amide bonds. The van der Waals surface area contributed by atoms with Crippen LogP contribution >= 0.6 is 0 Å². The van der Waals surface area contributed by atoms with Crippen molar-refractivity contribution in [2.24, 2.45) is 17.8 Å². The van der Waals surface area contributed by atoms with E-state index in [0.29, 0.717) is 11.8 Å². The second-order valence-corrected chi connectivity index (χ2v) is 5.17. The fourth-order valence-corrected chi connectivity index (χ4v) is 2.72. The van der Waals surface area contributed by atoms with Crippen LogP contribution in [0.25, 0.3) is 0 Å². The molecule has 17 heavy (non-hydrogen) atoms. The Balaban J connectivity index is 1.74. The third kappa shape index (κ3) is 3.31. The zero-order chi connectivity index (χ0) is 12.1. The first kappa shape index (κ1) is 12.6. The molecule has 1 saturated heterocycles. The summed E-state index contributed by atoms with van der Waals surface area (Å²) in [6, 6.07) is 2.36. The highest BCUT2D eigenvalue weighted by molar-refractivity contribution is 4.88. The lowest BCUT2D eigenvalue weighted by Gasteiger charge is -2.36. The average Bonchev–Trinajstić information content (AvgIpc) is 2.40. The van der Waals surface area contributed by atoms with Crippen molar-refractivity contribution in [3.8, 4) is 6.07 Å². The van der Waals surface area contributed by atoms with Gasteiger partial charge in [0, 0.05) is 17.8 Å². The van der Waals surface area contributed by atoms with Crippen LogP contribution in [0.4, 0.5) is 0 Å². The Kier molecular flexibility index (Phi) is 4.58. The molecule has 0 aromatic heterocycles. The maximum atomic E-state index is 8.86. The van der Waals surface area contributed by atoms with Crippen LogP contribution in [0, 0.1) is 29.1 Å². The highest BCUT2D eigenvalue weighted by Crippen LogP contribution is 2.33. The van der Waals surface area contributed by atoms with Crippen LogP contribution in [0.3, 0.4) is 0 Å². The predicted molar refractivity (Wildman–Crippen MR) is 65.1 cm³/mol. The van der Waals surface area contributed by atoms with Gasteiger partial charge in [-0.05, 0) is 32.1 Å². The van der Waals surface area contributed by atoms with E-state index >= 15 is 0 Å². The SMILES string of the molecule is C=CCC1COC(C2CCC(C#N)CC2)OC1. The van der Waals surface area contributed by atoms with E-state index in [1.807, 2.05) is 6.08 Å². The highest BCUT2D eigenvalue weighted by atomic mass is 16.7. The molecule has 94 valence electrons. The summed E-state index contributed by atoms with van der Waals surface area (Å²) in [6.07, 6.45) is 6.99. The molecule has 0 spiro atoms. The van der Waals surface area contributed by atoms with Gasteiger partial charge in [0.2, 0.25) is 0 Å². The van der Waals surface area contributed by atoms with E-state index in [1.54, 1.807) is 0 Å². The van der Waals surface area contributed by atoms with Crippen molar-refractivity contribution in [1.82, 2.24) is 0 Å². The van der Waals surface area contributed by atoms with Crippen molar-refractivity contribution in [2.45, 2.75) is 38.4 Å². The predicted octanol–water partition coefficient (Wildman–Crippen LogP) is 2.88. The smallest absolute Gasteiger partial charge is 0.160 e. The van der Waals surface area contributed by atoms with Gasteiger partial charge < -0.3 is 9.47 Å². The Morgan fingerprint density at radius 1 is 1.18 bits per heavy atom. The summed E-state index contributed by atoms with van der Waals surface area (Å²) in [6.45, 7) is 5.31. The third-order valence-corrected chi connectivity index (χ3v) is 3.83. The standard InChI is InChI=1S/C14H21NO2/c1-2-3-12-9-16-14(17-10-12)13-6-4-11(8-15)5-7-13/h2,11-14H,1,3-7,9-10H2.